The van der Waals surface area contributed by atoms with Gasteiger partial charge in [0.2, 0.25) is 0 Å². The van der Waals surface area contributed by atoms with E-state index in [4.69, 9.17) is 0 Å². The quantitative estimate of drug-likeness (QED) is 0.556. The molecule has 0 radical (unpaired) electrons. The third-order valence-electron chi connectivity index (χ3n) is 2.88. The predicted octanol–water partition coefficient (Wildman–Crippen LogP) is 3.57. The molecule has 1 N–H and O–H groups in total. The van der Waals surface area contributed by atoms with E-state index in [9.17, 15) is 0 Å². The first-order valence-electron chi connectivity index (χ1n) is 6.53. The number of hydrogen-bond acceptors (Lipinski definition) is 1. The van der Waals surface area contributed by atoms with Crippen LogP contribution in [0.25, 0.3) is 0 Å². The van der Waals surface area contributed by atoms with E-state index in [1.165, 1.54) is 12.0 Å². The molecule has 0 aliphatic rings. The second-order valence-electron chi connectivity index (χ2n) is 4.28. The Labute approximate surface area is 106 Å². The van der Waals surface area contributed by atoms with Gasteiger partial charge in [0.15, 0.2) is 0 Å². The van der Waals surface area contributed by atoms with E-state index in [1.807, 2.05) is 6.92 Å². The van der Waals surface area contributed by atoms with Gasteiger partial charge in [-0.1, -0.05) is 37.3 Å². The van der Waals surface area contributed by atoms with Crippen molar-refractivity contribution >= 4 is 0 Å². The minimum atomic E-state index is 0.587. The van der Waals surface area contributed by atoms with Gasteiger partial charge in [-0.2, -0.15) is 0 Å². The van der Waals surface area contributed by atoms with Gasteiger partial charge in [0.25, 0.3) is 0 Å². The maximum atomic E-state index is 3.51. The van der Waals surface area contributed by atoms with Crippen molar-refractivity contribution in [2.24, 2.45) is 0 Å². The molecule has 1 aromatic carbocycles. The van der Waals surface area contributed by atoms with Crippen molar-refractivity contribution in [2.75, 3.05) is 13.1 Å². The molecule has 17 heavy (non-hydrogen) atoms. The lowest BCUT2D eigenvalue weighted by molar-refractivity contribution is 0.555. The molecular formula is C16H23N. The van der Waals surface area contributed by atoms with Crippen LogP contribution in [0.2, 0.25) is 0 Å². The van der Waals surface area contributed by atoms with Crippen LogP contribution in [-0.2, 0) is 0 Å². The predicted molar refractivity (Wildman–Crippen MR) is 75.0 cm³/mol. The van der Waals surface area contributed by atoms with Gasteiger partial charge < -0.3 is 5.32 Å². The van der Waals surface area contributed by atoms with Crippen LogP contribution >= 0.6 is 0 Å². The Bertz CT molecular complexity index is 345. The Balaban J connectivity index is 2.54. The van der Waals surface area contributed by atoms with E-state index in [-0.39, 0.29) is 0 Å². The summed E-state index contributed by atoms with van der Waals surface area (Å²) in [4.78, 5) is 0. The lowest BCUT2D eigenvalue weighted by Crippen LogP contribution is -2.22. The normalized spacial score (nSPS) is 11.6. The largest absolute Gasteiger partial charge is 0.316 e. The van der Waals surface area contributed by atoms with Crippen molar-refractivity contribution in [1.82, 2.24) is 5.32 Å². The Hall–Kier alpha value is -1.26. The average molecular weight is 229 g/mol. The summed E-state index contributed by atoms with van der Waals surface area (Å²) < 4.78 is 0. The molecule has 1 unspecified atom stereocenters. The molecule has 0 heterocycles. The lowest BCUT2D eigenvalue weighted by atomic mass is 9.94. The van der Waals surface area contributed by atoms with Crippen LogP contribution in [0, 0.1) is 11.8 Å². The zero-order chi connectivity index (χ0) is 12.3. The topological polar surface area (TPSA) is 12.0 Å². The average Bonchev–Trinajstić information content (AvgIpc) is 2.38. The van der Waals surface area contributed by atoms with Crippen molar-refractivity contribution in [3.63, 3.8) is 0 Å². The van der Waals surface area contributed by atoms with Gasteiger partial charge in [0, 0.05) is 13.0 Å². The fourth-order valence-corrected chi connectivity index (χ4v) is 1.94. The molecule has 92 valence electrons. The summed E-state index contributed by atoms with van der Waals surface area (Å²) in [5.74, 6) is 6.72. The van der Waals surface area contributed by atoms with Crippen LogP contribution in [0.5, 0.6) is 0 Å². The van der Waals surface area contributed by atoms with Gasteiger partial charge in [-0.3, -0.25) is 0 Å². The number of nitrogens with one attached hydrogen (secondary N) is 1. The monoisotopic (exact) mass is 229 g/mol. The van der Waals surface area contributed by atoms with Gasteiger partial charge in [-0.05, 0) is 37.8 Å². The highest BCUT2D eigenvalue weighted by Gasteiger charge is 2.09. The fourth-order valence-electron chi connectivity index (χ4n) is 1.94. The van der Waals surface area contributed by atoms with E-state index < -0.39 is 0 Å². The molecule has 1 heteroatoms. The van der Waals surface area contributed by atoms with Gasteiger partial charge in [0.1, 0.15) is 0 Å². The second-order valence-corrected chi connectivity index (χ2v) is 4.28. The molecule has 1 rings (SSSR count). The highest BCUT2D eigenvalue weighted by molar-refractivity contribution is 5.20. The minimum absolute atomic E-state index is 0.587. The van der Waals surface area contributed by atoms with Crippen molar-refractivity contribution in [3.05, 3.63) is 35.9 Å². The Morgan fingerprint density at radius 3 is 2.65 bits per heavy atom. The number of hydrogen-bond donors (Lipinski definition) is 1. The van der Waals surface area contributed by atoms with Gasteiger partial charge in [-0.25, -0.2) is 0 Å². The number of benzene rings is 1. The molecule has 0 saturated heterocycles. The van der Waals surface area contributed by atoms with Crippen LogP contribution in [0.4, 0.5) is 0 Å². The van der Waals surface area contributed by atoms with Crippen molar-refractivity contribution in [1.29, 1.82) is 0 Å². The van der Waals surface area contributed by atoms with Crippen LogP contribution < -0.4 is 5.32 Å². The molecule has 0 amide bonds. The molecule has 1 nitrogen and oxygen atoms in total. The second kappa shape index (κ2) is 8.84. The summed E-state index contributed by atoms with van der Waals surface area (Å²) in [7, 11) is 0. The third kappa shape index (κ3) is 5.56. The number of rotatable bonds is 7. The summed E-state index contributed by atoms with van der Waals surface area (Å²) in [6, 6.07) is 10.8. The first-order chi connectivity index (χ1) is 8.38. The smallest absolute Gasteiger partial charge is 0.00948 e. The highest BCUT2D eigenvalue weighted by Crippen LogP contribution is 2.20. The molecule has 1 atom stereocenters. The Morgan fingerprint density at radius 2 is 2.00 bits per heavy atom. The fraction of sp³-hybridized carbons (Fsp3) is 0.500. The van der Waals surface area contributed by atoms with E-state index in [0.717, 1.165) is 25.9 Å². The van der Waals surface area contributed by atoms with E-state index >= 15 is 0 Å². The van der Waals surface area contributed by atoms with Gasteiger partial charge >= 0.3 is 0 Å². The maximum absolute atomic E-state index is 3.51. The Kier molecular flexibility index (Phi) is 7.18. The zero-order valence-electron chi connectivity index (χ0n) is 11.0. The standard InChI is InChI=1S/C16H23N/c1-3-5-7-12-16(14-17-13-4-2)15-10-8-6-9-11-15/h6,8-11,16-17H,4,7,12-14H2,1-2H3. The summed E-state index contributed by atoms with van der Waals surface area (Å²) >= 11 is 0. The van der Waals surface area contributed by atoms with Crippen molar-refractivity contribution in [2.45, 2.75) is 39.0 Å². The molecule has 0 spiro atoms. The first kappa shape index (κ1) is 13.8. The maximum Gasteiger partial charge on any atom is 0.00948 e. The third-order valence-corrected chi connectivity index (χ3v) is 2.88. The lowest BCUT2D eigenvalue weighted by Gasteiger charge is -2.17. The van der Waals surface area contributed by atoms with E-state index in [0.29, 0.717) is 5.92 Å². The summed E-state index contributed by atoms with van der Waals surface area (Å²) in [5.41, 5.74) is 1.43. The summed E-state index contributed by atoms with van der Waals surface area (Å²) in [6.45, 7) is 6.27. The van der Waals surface area contributed by atoms with Crippen LogP contribution in [-0.4, -0.2) is 13.1 Å². The molecule has 0 aromatic heterocycles. The molecule has 0 saturated carbocycles. The Morgan fingerprint density at radius 1 is 1.24 bits per heavy atom. The van der Waals surface area contributed by atoms with E-state index in [1.54, 1.807) is 0 Å². The minimum Gasteiger partial charge on any atom is -0.316 e. The summed E-state index contributed by atoms with van der Waals surface area (Å²) in [6.07, 6.45) is 3.32. The van der Waals surface area contributed by atoms with Gasteiger partial charge in [0.05, 0.1) is 0 Å². The molecule has 0 aliphatic carbocycles. The molecule has 0 aliphatic heterocycles. The van der Waals surface area contributed by atoms with Gasteiger partial charge in [-0.15, -0.1) is 11.8 Å². The van der Waals surface area contributed by atoms with Crippen molar-refractivity contribution in [3.8, 4) is 11.8 Å². The highest BCUT2D eigenvalue weighted by atomic mass is 14.8. The molecule has 1 aromatic rings. The van der Waals surface area contributed by atoms with E-state index in [2.05, 4.69) is 54.4 Å². The molecule has 0 bridgehead atoms. The molecule has 0 fully saturated rings. The van der Waals surface area contributed by atoms with Crippen molar-refractivity contribution < 1.29 is 0 Å². The zero-order valence-corrected chi connectivity index (χ0v) is 11.0. The van der Waals surface area contributed by atoms with Crippen LogP contribution in [0.15, 0.2) is 30.3 Å². The first-order valence-corrected chi connectivity index (χ1v) is 6.53. The molecular weight excluding hydrogens is 206 g/mol. The SMILES string of the molecule is CC#CCCC(CNCCC)c1ccccc1. The van der Waals surface area contributed by atoms with Crippen LogP contribution in [0.3, 0.4) is 0 Å². The summed E-state index contributed by atoms with van der Waals surface area (Å²) in [5, 5.41) is 3.51. The van der Waals surface area contributed by atoms with Crippen LogP contribution in [0.1, 0.15) is 44.6 Å².